The van der Waals surface area contributed by atoms with Crippen molar-refractivity contribution in [1.29, 1.82) is 0 Å². The molecule has 2 unspecified atom stereocenters. The molecule has 2 N–H and O–H groups in total. The van der Waals surface area contributed by atoms with Gasteiger partial charge in [0.2, 0.25) is 5.91 Å². The zero-order valence-corrected chi connectivity index (χ0v) is 19.1. The Kier molecular flexibility index (Phi) is 6.26. The Labute approximate surface area is 199 Å². The first kappa shape index (κ1) is 22.4. The first-order valence-corrected chi connectivity index (χ1v) is 12.2. The van der Waals surface area contributed by atoms with Crippen LogP contribution in [0.2, 0.25) is 0 Å². The number of fused-ring (bicyclic) bond motifs is 3. The molecule has 2 atom stereocenters. The van der Waals surface area contributed by atoms with Gasteiger partial charge in [-0.3, -0.25) is 4.79 Å². The SMILES string of the molecule is O=C(NC(C(=O)N1CCCCCC1C(=O)O)C1CC1)OCC1c2ccccc2-c2ccccc21. The van der Waals surface area contributed by atoms with Crippen LogP contribution in [0, 0.1) is 5.92 Å². The van der Waals surface area contributed by atoms with Crippen molar-refractivity contribution in [2.24, 2.45) is 5.92 Å². The van der Waals surface area contributed by atoms with E-state index in [9.17, 15) is 19.5 Å². The number of carboxylic acids is 1. The summed E-state index contributed by atoms with van der Waals surface area (Å²) in [7, 11) is 0. The monoisotopic (exact) mass is 462 g/mol. The Balaban J connectivity index is 1.27. The molecule has 7 nitrogen and oxygen atoms in total. The maximum Gasteiger partial charge on any atom is 0.407 e. The average molecular weight is 463 g/mol. The predicted octanol–water partition coefficient (Wildman–Crippen LogP) is 4.16. The summed E-state index contributed by atoms with van der Waals surface area (Å²) in [5, 5.41) is 12.4. The molecule has 2 aliphatic carbocycles. The van der Waals surface area contributed by atoms with Gasteiger partial charge in [0, 0.05) is 12.5 Å². The topological polar surface area (TPSA) is 95.9 Å². The fourth-order valence-corrected chi connectivity index (χ4v) is 5.39. The Morgan fingerprint density at radius 1 is 0.941 bits per heavy atom. The molecule has 2 aromatic rings. The fourth-order valence-electron chi connectivity index (χ4n) is 5.39. The molecule has 0 aromatic heterocycles. The first-order chi connectivity index (χ1) is 16.5. The Morgan fingerprint density at radius 2 is 1.59 bits per heavy atom. The average Bonchev–Trinajstić information content (AvgIpc) is 3.66. The summed E-state index contributed by atoms with van der Waals surface area (Å²) in [6.45, 7) is 0.582. The van der Waals surface area contributed by atoms with Gasteiger partial charge < -0.3 is 20.1 Å². The summed E-state index contributed by atoms with van der Waals surface area (Å²) < 4.78 is 5.65. The van der Waals surface area contributed by atoms with Gasteiger partial charge in [0.25, 0.3) is 0 Å². The molecule has 2 aromatic carbocycles. The van der Waals surface area contributed by atoms with E-state index < -0.39 is 24.1 Å². The van der Waals surface area contributed by atoms with Crippen LogP contribution in [0.3, 0.4) is 0 Å². The highest BCUT2D eigenvalue weighted by atomic mass is 16.5. The number of nitrogens with zero attached hydrogens (tertiary/aromatic N) is 1. The smallest absolute Gasteiger partial charge is 0.407 e. The zero-order chi connectivity index (χ0) is 23.7. The summed E-state index contributed by atoms with van der Waals surface area (Å²) >= 11 is 0. The van der Waals surface area contributed by atoms with Crippen LogP contribution in [0.4, 0.5) is 4.79 Å². The summed E-state index contributed by atoms with van der Waals surface area (Å²) in [5.74, 6) is -1.31. The Morgan fingerprint density at radius 3 is 2.21 bits per heavy atom. The lowest BCUT2D eigenvalue weighted by Gasteiger charge is -2.31. The van der Waals surface area contributed by atoms with Gasteiger partial charge in [-0.1, -0.05) is 61.4 Å². The van der Waals surface area contributed by atoms with Gasteiger partial charge >= 0.3 is 12.1 Å². The van der Waals surface area contributed by atoms with Crippen LogP contribution in [-0.2, 0) is 14.3 Å². The zero-order valence-electron chi connectivity index (χ0n) is 19.1. The maximum absolute atomic E-state index is 13.4. The molecule has 1 aliphatic heterocycles. The van der Waals surface area contributed by atoms with Gasteiger partial charge in [-0.15, -0.1) is 0 Å². The minimum absolute atomic E-state index is 0.0330. The fraction of sp³-hybridized carbons (Fsp3) is 0.444. The summed E-state index contributed by atoms with van der Waals surface area (Å²) in [6.07, 6.45) is 3.96. The molecule has 7 heteroatoms. The number of alkyl carbamates (subject to hydrolysis) is 1. The summed E-state index contributed by atoms with van der Waals surface area (Å²) in [6, 6.07) is 14.7. The molecule has 2 amide bonds. The van der Waals surface area contributed by atoms with Crippen molar-refractivity contribution >= 4 is 18.0 Å². The van der Waals surface area contributed by atoms with Crippen molar-refractivity contribution < 1.29 is 24.2 Å². The molecule has 0 bridgehead atoms. The van der Waals surface area contributed by atoms with Crippen LogP contribution in [-0.4, -0.2) is 53.2 Å². The molecular formula is C27H30N2O5. The number of likely N-dealkylation sites (tertiary alicyclic amines) is 1. The number of benzene rings is 2. The van der Waals surface area contributed by atoms with E-state index in [2.05, 4.69) is 29.6 Å². The molecule has 1 saturated carbocycles. The minimum Gasteiger partial charge on any atom is -0.480 e. The highest BCUT2D eigenvalue weighted by Crippen LogP contribution is 2.44. The van der Waals surface area contributed by atoms with E-state index in [0.29, 0.717) is 13.0 Å². The largest absolute Gasteiger partial charge is 0.480 e. The first-order valence-electron chi connectivity index (χ1n) is 12.2. The number of ether oxygens (including phenoxy) is 1. The van der Waals surface area contributed by atoms with Crippen LogP contribution in [0.25, 0.3) is 11.1 Å². The molecule has 34 heavy (non-hydrogen) atoms. The third-order valence-corrected chi connectivity index (χ3v) is 7.30. The van der Waals surface area contributed by atoms with E-state index >= 15 is 0 Å². The van der Waals surface area contributed by atoms with Crippen LogP contribution >= 0.6 is 0 Å². The normalized spacial score (nSPS) is 20.6. The molecule has 2 fully saturated rings. The van der Waals surface area contributed by atoms with E-state index in [-0.39, 0.29) is 24.3 Å². The summed E-state index contributed by atoms with van der Waals surface area (Å²) in [4.78, 5) is 39.4. The van der Waals surface area contributed by atoms with E-state index in [1.165, 1.54) is 4.90 Å². The number of amides is 2. The van der Waals surface area contributed by atoms with Gasteiger partial charge in [-0.05, 0) is 53.9 Å². The van der Waals surface area contributed by atoms with Gasteiger partial charge in [-0.25, -0.2) is 9.59 Å². The van der Waals surface area contributed by atoms with Crippen LogP contribution in [0.15, 0.2) is 48.5 Å². The molecular weight excluding hydrogens is 432 g/mol. The quantitative estimate of drug-likeness (QED) is 0.672. The summed E-state index contributed by atoms with van der Waals surface area (Å²) in [5.41, 5.74) is 4.55. The van der Waals surface area contributed by atoms with Gasteiger partial charge in [0.1, 0.15) is 18.7 Å². The second-order valence-corrected chi connectivity index (χ2v) is 9.52. The highest BCUT2D eigenvalue weighted by molar-refractivity contribution is 5.90. The maximum atomic E-state index is 13.4. The van der Waals surface area contributed by atoms with Gasteiger partial charge in [-0.2, -0.15) is 0 Å². The van der Waals surface area contributed by atoms with Crippen molar-refractivity contribution in [1.82, 2.24) is 10.2 Å². The third-order valence-electron chi connectivity index (χ3n) is 7.30. The molecule has 1 saturated heterocycles. The number of nitrogens with one attached hydrogen (secondary N) is 1. The number of aliphatic carboxylic acids is 1. The lowest BCUT2D eigenvalue weighted by atomic mass is 9.98. The lowest BCUT2D eigenvalue weighted by molar-refractivity contribution is -0.151. The Hall–Kier alpha value is -3.35. The van der Waals surface area contributed by atoms with Crippen LogP contribution in [0.1, 0.15) is 55.6 Å². The highest BCUT2D eigenvalue weighted by Gasteiger charge is 2.43. The van der Waals surface area contributed by atoms with E-state index in [1.54, 1.807) is 0 Å². The van der Waals surface area contributed by atoms with E-state index in [1.807, 2.05) is 24.3 Å². The third kappa shape index (κ3) is 4.39. The number of carboxylic acid groups (broad SMARTS) is 1. The lowest BCUT2D eigenvalue weighted by Crippen LogP contribution is -2.54. The van der Waals surface area contributed by atoms with Gasteiger partial charge in [0.05, 0.1) is 0 Å². The standard InChI is InChI=1S/C27H30N2O5/c30-25(29-15-7-1-2-12-23(29)26(31)32)24(17-13-14-17)28-27(33)34-16-22-20-10-5-3-8-18(20)19-9-4-6-11-21(19)22/h3-6,8-11,17,22-24H,1-2,7,12-16H2,(H,28,33)(H,31,32). The molecule has 0 radical (unpaired) electrons. The van der Waals surface area contributed by atoms with Crippen molar-refractivity contribution in [2.45, 2.75) is 56.5 Å². The van der Waals surface area contributed by atoms with E-state index in [4.69, 9.17) is 4.74 Å². The number of carbonyl (C=O) groups is 3. The number of rotatable bonds is 6. The van der Waals surface area contributed by atoms with Crippen molar-refractivity contribution in [2.75, 3.05) is 13.2 Å². The number of hydrogen-bond donors (Lipinski definition) is 2. The van der Waals surface area contributed by atoms with Gasteiger partial charge in [0.15, 0.2) is 0 Å². The van der Waals surface area contributed by atoms with Crippen LogP contribution < -0.4 is 5.32 Å². The number of carbonyl (C=O) groups excluding carboxylic acids is 2. The minimum atomic E-state index is -0.981. The molecule has 0 spiro atoms. The molecule has 3 aliphatic rings. The molecule has 178 valence electrons. The van der Waals surface area contributed by atoms with Crippen molar-refractivity contribution in [3.8, 4) is 11.1 Å². The van der Waals surface area contributed by atoms with Crippen molar-refractivity contribution in [3.05, 3.63) is 59.7 Å². The van der Waals surface area contributed by atoms with E-state index in [0.717, 1.165) is 54.4 Å². The molecule has 1 heterocycles. The number of hydrogen-bond acceptors (Lipinski definition) is 4. The van der Waals surface area contributed by atoms with Crippen molar-refractivity contribution in [3.63, 3.8) is 0 Å². The predicted molar refractivity (Wildman–Crippen MR) is 126 cm³/mol. The van der Waals surface area contributed by atoms with Crippen LogP contribution in [0.5, 0.6) is 0 Å². The second kappa shape index (κ2) is 9.49. The Bertz CT molecular complexity index is 1050. The molecule has 5 rings (SSSR count). The second-order valence-electron chi connectivity index (χ2n) is 9.52.